The van der Waals surface area contributed by atoms with E-state index in [0.717, 1.165) is 16.0 Å². The summed E-state index contributed by atoms with van der Waals surface area (Å²) in [6, 6.07) is 12.6. The zero-order valence-corrected chi connectivity index (χ0v) is 18.1. The fourth-order valence-electron chi connectivity index (χ4n) is 3.54. The molecule has 0 spiro atoms. The number of fused-ring (bicyclic) bond motifs is 1. The first-order chi connectivity index (χ1) is 14.5. The number of benzene rings is 2. The average Bonchev–Trinajstić information content (AvgIpc) is 3.15. The highest BCUT2D eigenvalue weighted by atomic mass is 35.5. The van der Waals surface area contributed by atoms with Crippen LogP contribution in [0.5, 0.6) is 5.75 Å². The van der Waals surface area contributed by atoms with Crippen molar-refractivity contribution in [2.45, 2.75) is 19.8 Å². The monoisotopic (exact) mass is 443 g/mol. The third kappa shape index (κ3) is 4.57. The van der Waals surface area contributed by atoms with Gasteiger partial charge < -0.3 is 15.0 Å². The van der Waals surface area contributed by atoms with E-state index in [1.165, 1.54) is 11.3 Å². The van der Waals surface area contributed by atoms with E-state index in [9.17, 15) is 9.59 Å². The van der Waals surface area contributed by atoms with Crippen molar-refractivity contribution >= 4 is 50.1 Å². The zero-order valence-electron chi connectivity index (χ0n) is 16.6. The van der Waals surface area contributed by atoms with E-state index in [1.807, 2.05) is 25.1 Å². The quantitative estimate of drug-likeness (QED) is 0.612. The van der Waals surface area contributed by atoms with E-state index in [2.05, 4.69) is 10.3 Å². The number of hydrogen-bond donors (Lipinski definition) is 1. The van der Waals surface area contributed by atoms with Gasteiger partial charge in [-0.2, -0.15) is 0 Å². The summed E-state index contributed by atoms with van der Waals surface area (Å²) in [5.74, 6) is 0.592. The second-order valence-corrected chi connectivity index (χ2v) is 8.61. The van der Waals surface area contributed by atoms with Gasteiger partial charge in [-0.25, -0.2) is 4.98 Å². The standard InChI is InChI=1S/C22H22ClN3O3S/c1-2-29-17-7-8-18-19(13-17)30-22(24-18)25-20(27)14-9-11-26(12-10-14)21(28)15-3-5-16(23)6-4-15/h3-8,13-14H,2,9-12H2,1H3,(H,24,25,27). The molecule has 2 amide bonds. The Balaban J connectivity index is 1.34. The van der Waals surface area contributed by atoms with Crippen molar-refractivity contribution in [3.05, 3.63) is 53.1 Å². The first-order valence-electron chi connectivity index (χ1n) is 9.92. The summed E-state index contributed by atoms with van der Waals surface area (Å²) < 4.78 is 6.49. The average molecular weight is 444 g/mol. The summed E-state index contributed by atoms with van der Waals surface area (Å²) in [7, 11) is 0. The van der Waals surface area contributed by atoms with Crippen LogP contribution >= 0.6 is 22.9 Å². The topological polar surface area (TPSA) is 71.5 Å². The highest BCUT2D eigenvalue weighted by molar-refractivity contribution is 7.22. The third-order valence-corrected chi connectivity index (χ3v) is 6.33. The van der Waals surface area contributed by atoms with Crippen LogP contribution in [0.3, 0.4) is 0 Å². The van der Waals surface area contributed by atoms with Crippen LogP contribution in [0, 0.1) is 5.92 Å². The summed E-state index contributed by atoms with van der Waals surface area (Å²) in [6.07, 6.45) is 1.26. The van der Waals surface area contributed by atoms with Crippen LogP contribution in [0.15, 0.2) is 42.5 Å². The van der Waals surface area contributed by atoms with E-state index in [-0.39, 0.29) is 17.7 Å². The highest BCUT2D eigenvalue weighted by Gasteiger charge is 2.28. The maximum absolute atomic E-state index is 12.7. The first-order valence-corrected chi connectivity index (χ1v) is 11.1. The van der Waals surface area contributed by atoms with Crippen molar-refractivity contribution in [3.63, 3.8) is 0 Å². The minimum Gasteiger partial charge on any atom is -0.494 e. The van der Waals surface area contributed by atoms with Gasteiger partial charge in [-0.05, 0) is 62.2 Å². The maximum Gasteiger partial charge on any atom is 0.253 e. The molecule has 1 aliphatic heterocycles. The van der Waals surface area contributed by atoms with E-state index < -0.39 is 0 Å². The number of anilines is 1. The molecule has 1 N–H and O–H groups in total. The van der Waals surface area contributed by atoms with Gasteiger partial charge in [0.05, 0.1) is 16.8 Å². The summed E-state index contributed by atoms with van der Waals surface area (Å²) in [6.45, 7) is 3.65. The molecule has 6 nitrogen and oxygen atoms in total. The second kappa shape index (κ2) is 9.02. The van der Waals surface area contributed by atoms with Gasteiger partial charge >= 0.3 is 0 Å². The van der Waals surface area contributed by atoms with Crippen LogP contribution in [0.25, 0.3) is 10.2 Å². The zero-order chi connectivity index (χ0) is 21.1. The van der Waals surface area contributed by atoms with Gasteiger partial charge in [0.1, 0.15) is 5.75 Å². The lowest BCUT2D eigenvalue weighted by molar-refractivity contribution is -0.121. The Hall–Kier alpha value is -2.64. The predicted molar refractivity (Wildman–Crippen MR) is 119 cm³/mol. The molecule has 0 saturated carbocycles. The molecule has 3 aromatic rings. The normalized spacial score (nSPS) is 14.7. The lowest BCUT2D eigenvalue weighted by Gasteiger charge is -2.31. The molecule has 2 heterocycles. The van der Waals surface area contributed by atoms with Gasteiger partial charge in [-0.15, -0.1) is 0 Å². The molecule has 1 saturated heterocycles. The van der Waals surface area contributed by atoms with E-state index in [1.54, 1.807) is 29.2 Å². The number of ether oxygens (including phenoxy) is 1. The number of amides is 2. The van der Waals surface area contributed by atoms with Crippen molar-refractivity contribution in [1.82, 2.24) is 9.88 Å². The molecule has 0 atom stereocenters. The van der Waals surface area contributed by atoms with Crippen molar-refractivity contribution in [2.75, 3.05) is 25.0 Å². The van der Waals surface area contributed by atoms with Crippen LogP contribution in [-0.4, -0.2) is 41.4 Å². The molecule has 0 bridgehead atoms. The molecular formula is C22H22ClN3O3S. The summed E-state index contributed by atoms with van der Waals surface area (Å²) >= 11 is 7.33. The number of aromatic nitrogens is 1. The first kappa shape index (κ1) is 20.6. The number of halogens is 1. The van der Waals surface area contributed by atoms with Gasteiger partial charge in [0.25, 0.3) is 5.91 Å². The number of hydrogen-bond acceptors (Lipinski definition) is 5. The number of likely N-dealkylation sites (tertiary alicyclic amines) is 1. The third-order valence-electron chi connectivity index (χ3n) is 5.15. The number of thiazole rings is 1. The molecule has 0 aliphatic carbocycles. The van der Waals surface area contributed by atoms with Crippen LogP contribution in [0.1, 0.15) is 30.1 Å². The Bertz CT molecular complexity index is 1060. The molecule has 8 heteroatoms. The van der Waals surface area contributed by atoms with Crippen molar-refractivity contribution in [1.29, 1.82) is 0 Å². The van der Waals surface area contributed by atoms with Gasteiger partial charge in [0.2, 0.25) is 5.91 Å². The van der Waals surface area contributed by atoms with Crippen molar-refractivity contribution < 1.29 is 14.3 Å². The van der Waals surface area contributed by atoms with Gasteiger partial charge in [0, 0.05) is 29.6 Å². The minimum absolute atomic E-state index is 0.0261. The molecule has 1 fully saturated rings. The van der Waals surface area contributed by atoms with Crippen molar-refractivity contribution in [3.8, 4) is 5.75 Å². The van der Waals surface area contributed by atoms with Crippen molar-refractivity contribution in [2.24, 2.45) is 5.92 Å². The second-order valence-electron chi connectivity index (χ2n) is 7.14. The lowest BCUT2D eigenvalue weighted by atomic mass is 9.95. The molecule has 4 rings (SSSR count). The molecule has 156 valence electrons. The van der Waals surface area contributed by atoms with E-state index in [4.69, 9.17) is 16.3 Å². The maximum atomic E-state index is 12.7. The SMILES string of the molecule is CCOc1ccc2nc(NC(=O)C3CCN(C(=O)c4ccc(Cl)cc4)CC3)sc2c1. The number of nitrogens with zero attached hydrogens (tertiary/aromatic N) is 2. The van der Waals surface area contributed by atoms with Crippen LogP contribution < -0.4 is 10.1 Å². The predicted octanol–water partition coefficient (Wildman–Crippen LogP) is 4.84. The summed E-state index contributed by atoms with van der Waals surface area (Å²) in [5, 5.41) is 4.13. The summed E-state index contributed by atoms with van der Waals surface area (Å²) in [5.41, 5.74) is 1.45. The Morgan fingerprint density at radius 1 is 1.20 bits per heavy atom. The Morgan fingerprint density at radius 3 is 2.63 bits per heavy atom. The smallest absolute Gasteiger partial charge is 0.253 e. The molecule has 30 heavy (non-hydrogen) atoms. The van der Waals surface area contributed by atoms with Gasteiger partial charge in [-0.3, -0.25) is 9.59 Å². The number of nitrogens with one attached hydrogen (secondary N) is 1. The Kier molecular flexibility index (Phi) is 6.20. The fourth-order valence-corrected chi connectivity index (χ4v) is 4.57. The molecule has 1 aliphatic rings. The fraction of sp³-hybridized carbons (Fsp3) is 0.318. The highest BCUT2D eigenvalue weighted by Crippen LogP contribution is 2.30. The number of piperidine rings is 1. The van der Waals surface area contributed by atoms with E-state index in [0.29, 0.717) is 48.3 Å². The lowest BCUT2D eigenvalue weighted by Crippen LogP contribution is -2.41. The molecule has 1 aromatic heterocycles. The van der Waals surface area contributed by atoms with E-state index >= 15 is 0 Å². The Morgan fingerprint density at radius 2 is 1.93 bits per heavy atom. The Labute approximate surface area is 183 Å². The largest absolute Gasteiger partial charge is 0.494 e. The summed E-state index contributed by atoms with van der Waals surface area (Å²) in [4.78, 5) is 31.6. The molecule has 2 aromatic carbocycles. The minimum atomic E-state index is -0.134. The molecule has 0 unspecified atom stereocenters. The van der Waals surface area contributed by atoms with Crippen LogP contribution in [0.4, 0.5) is 5.13 Å². The molecule has 0 radical (unpaired) electrons. The van der Waals surface area contributed by atoms with Crippen LogP contribution in [0.2, 0.25) is 5.02 Å². The number of carbonyl (C=O) groups excluding carboxylic acids is 2. The van der Waals surface area contributed by atoms with Crippen LogP contribution in [-0.2, 0) is 4.79 Å². The number of carbonyl (C=O) groups is 2. The van der Waals surface area contributed by atoms with Gasteiger partial charge in [-0.1, -0.05) is 22.9 Å². The number of rotatable bonds is 5. The van der Waals surface area contributed by atoms with Gasteiger partial charge in [0.15, 0.2) is 5.13 Å². The molecular weight excluding hydrogens is 422 g/mol.